The zero-order valence-corrected chi connectivity index (χ0v) is 16.7. The molecule has 2 aromatic rings. The average molecular weight is 408 g/mol. The van der Waals surface area contributed by atoms with Crippen molar-refractivity contribution in [2.24, 2.45) is 0 Å². The van der Waals surface area contributed by atoms with E-state index in [-0.39, 0.29) is 19.0 Å². The molecule has 5 nitrogen and oxygen atoms in total. The molecular weight excluding hydrogens is 383 g/mol. The number of amides is 2. The lowest BCUT2D eigenvalue weighted by Crippen LogP contribution is -3.11. The molecule has 29 heavy (non-hydrogen) atoms. The summed E-state index contributed by atoms with van der Waals surface area (Å²) >= 11 is 0. The SMILES string of the molecule is CCc1cccc(CC)c1NC(=O)C[NH+](C)CC(=O)Nc1ccc(F)c(F)c1F. The number of rotatable bonds is 8. The molecule has 0 heterocycles. The normalized spacial score (nSPS) is 11.8. The molecule has 0 fully saturated rings. The molecule has 156 valence electrons. The zero-order chi connectivity index (χ0) is 21.6. The van der Waals surface area contributed by atoms with E-state index in [0.29, 0.717) is 4.90 Å². The predicted molar refractivity (Wildman–Crippen MR) is 105 cm³/mol. The predicted octanol–water partition coefficient (Wildman–Crippen LogP) is 2.32. The molecule has 0 aliphatic rings. The van der Waals surface area contributed by atoms with Crippen LogP contribution in [0.4, 0.5) is 24.5 Å². The third-order valence-electron chi connectivity index (χ3n) is 4.50. The highest BCUT2D eigenvalue weighted by Gasteiger charge is 2.19. The van der Waals surface area contributed by atoms with Gasteiger partial charge in [-0.15, -0.1) is 0 Å². The van der Waals surface area contributed by atoms with Crippen molar-refractivity contribution in [3.8, 4) is 0 Å². The van der Waals surface area contributed by atoms with E-state index in [1.165, 1.54) is 0 Å². The summed E-state index contributed by atoms with van der Waals surface area (Å²) in [5.41, 5.74) is 2.41. The number of nitrogens with one attached hydrogen (secondary N) is 3. The topological polar surface area (TPSA) is 62.6 Å². The number of hydrogen-bond donors (Lipinski definition) is 3. The largest absolute Gasteiger partial charge is 0.322 e. The van der Waals surface area contributed by atoms with Crippen LogP contribution in [-0.4, -0.2) is 32.0 Å². The molecule has 1 atom stereocenters. The van der Waals surface area contributed by atoms with E-state index < -0.39 is 29.0 Å². The van der Waals surface area contributed by atoms with Crippen LogP contribution in [0, 0.1) is 17.5 Å². The van der Waals surface area contributed by atoms with Gasteiger partial charge in [-0.05, 0) is 36.1 Å². The smallest absolute Gasteiger partial charge is 0.279 e. The van der Waals surface area contributed by atoms with Crippen molar-refractivity contribution in [3.05, 3.63) is 58.9 Å². The molecule has 2 amide bonds. The van der Waals surface area contributed by atoms with E-state index in [9.17, 15) is 22.8 Å². The highest BCUT2D eigenvalue weighted by molar-refractivity contribution is 5.94. The van der Waals surface area contributed by atoms with Crippen molar-refractivity contribution in [1.29, 1.82) is 0 Å². The Balaban J connectivity index is 1.95. The second kappa shape index (κ2) is 10.1. The van der Waals surface area contributed by atoms with Gasteiger partial charge in [0.1, 0.15) is 0 Å². The number of aryl methyl sites for hydroxylation is 2. The van der Waals surface area contributed by atoms with Gasteiger partial charge in [0.2, 0.25) is 0 Å². The van der Waals surface area contributed by atoms with Gasteiger partial charge < -0.3 is 15.5 Å². The van der Waals surface area contributed by atoms with Crippen LogP contribution in [0.25, 0.3) is 0 Å². The van der Waals surface area contributed by atoms with Crippen LogP contribution >= 0.6 is 0 Å². The Kier molecular flexibility index (Phi) is 7.78. The lowest BCUT2D eigenvalue weighted by atomic mass is 10.0. The molecule has 0 aliphatic heterocycles. The van der Waals surface area contributed by atoms with Crippen molar-refractivity contribution in [3.63, 3.8) is 0 Å². The number of halogens is 3. The fourth-order valence-corrected chi connectivity index (χ4v) is 3.01. The zero-order valence-electron chi connectivity index (χ0n) is 16.7. The summed E-state index contributed by atoms with van der Waals surface area (Å²) in [6, 6.07) is 7.53. The minimum atomic E-state index is -1.65. The Hall–Kier alpha value is -2.87. The van der Waals surface area contributed by atoms with E-state index in [2.05, 4.69) is 10.6 Å². The average Bonchev–Trinajstić information content (AvgIpc) is 2.68. The van der Waals surface area contributed by atoms with E-state index in [4.69, 9.17) is 0 Å². The molecule has 0 spiro atoms. The molecule has 2 rings (SSSR count). The first-order valence-electron chi connectivity index (χ1n) is 9.42. The Morgan fingerprint density at radius 3 is 1.97 bits per heavy atom. The Morgan fingerprint density at radius 1 is 0.862 bits per heavy atom. The fourth-order valence-electron chi connectivity index (χ4n) is 3.01. The first-order chi connectivity index (χ1) is 13.8. The summed E-state index contributed by atoms with van der Waals surface area (Å²) in [5.74, 6) is -5.33. The van der Waals surface area contributed by atoms with E-state index in [0.717, 1.165) is 41.8 Å². The Bertz CT molecular complexity index is 881. The third kappa shape index (κ3) is 5.80. The van der Waals surface area contributed by atoms with E-state index >= 15 is 0 Å². The van der Waals surface area contributed by atoms with Crippen molar-refractivity contribution >= 4 is 23.2 Å². The van der Waals surface area contributed by atoms with Crippen molar-refractivity contribution in [2.45, 2.75) is 26.7 Å². The van der Waals surface area contributed by atoms with Crippen LogP contribution in [0.15, 0.2) is 30.3 Å². The molecule has 0 aromatic heterocycles. The highest BCUT2D eigenvalue weighted by atomic mass is 19.2. The van der Waals surface area contributed by atoms with Crippen LogP contribution in [0.3, 0.4) is 0 Å². The summed E-state index contributed by atoms with van der Waals surface area (Å²) in [7, 11) is 1.63. The van der Waals surface area contributed by atoms with Crippen LogP contribution in [0.5, 0.6) is 0 Å². The summed E-state index contributed by atoms with van der Waals surface area (Å²) in [6.07, 6.45) is 1.54. The molecule has 8 heteroatoms. The second-order valence-electron chi connectivity index (χ2n) is 6.79. The van der Waals surface area contributed by atoms with Crippen molar-refractivity contribution < 1.29 is 27.7 Å². The number of carbonyl (C=O) groups excluding carboxylic acids is 2. The van der Waals surface area contributed by atoms with Gasteiger partial charge in [0.15, 0.2) is 30.5 Å². The molecule has 0 aliphatic carbocycles. The maximum atomic E-state index is 13.7. The lowest BCUT2D eigenvalue weighted by molar-refractivity contribution is -0.862. The van der Waals surface area contributed by atoms with E-state index in [1.54, 1.807) is 7.05 Å². The molecule has 0 radical (unpaired) electrons. The molecule has 1 unspecified atom stereocenters. The summed E-state index contributed by atoms with van der Waals surface area (Å²) in [4.78, 5) is 25.0. The quantitative estimate of drug-likeness (QED) is 0.587. The first kappa shape index (κ1) is 22.4. The van der Waals surface area contributed by atoms with Gasteiger partial charge in [0.25, 0.3) is 11.8 Å². The minimum absolute atomic E-state index is 0.00881. The summed E-state index contributed by atoms with van der Waals surface area (Å²) in [5, 5.41) is 5.11. The molecule has 3 N–H and O–H groups in total. The van der Waals surface area contributed by atoms with Gasteiger partial charge in [0.05, 0.1) is 12.7 Å². The summed E-state index contributed by atoms with van der Waals surface area (Å²) in [6.45, 7) is 3.86. The van der Waals surface area contributed by atoms with Crippen LogP contribution in [0.1, 0.15) is 25.0 Å². The number of quaternary nitrogens is 1. The van der Waals surface area contributed by atoms with Crippen LogP contribution in [-0.2, 0) is 22.4 Å². The van der Waals surface area contributed by atoms with Crippen molar-refractivity contribution in [2.75, 3.05) is 30.8 Å². The molecular formula is C21H25F3N3O2+. The molecule has 2 aromatic carbocycles. The number of para-hydroxylation sites is 1. The summed E-state index contributed by atoms with van der Waals surface area (Å²) < 4.78 is 39.9. The standard InChI is InChI=1S/C21H24F3N3O2/c1-4-13-7-6-8-14(5-2)21(13)26-18(29)12-27(3)11-17(28)25-16-10-9-15(22)19(23)20(16)24/h6-10H,4-5,11-12H2,1-3H3,(H,25,28)(H,26,29)/p+1. The third-order valence-corrected chi connectivity index (χ3v) is 4.50. The lowest BCUT2D eigenvalue weighted by Gasteiger charge is -2.17. The maximum Gasteiger partial charge on any atom is 0.279 e. The number of carbonyl (C=O) groups is 2. The monoisotopic (exact) mass is 408 g/mol. The van der Waals surface area contributed by atoms with Gasteiger partial charge >= 0.3 is 0 Å². The first-order valence-corrected chi connectivity index (χ1v) is 9.42. The fraction of sp³-hybridized carbons (Fsp3) is 0.333. The molecule has 0 bridgehead atoms. The van der Waals surface area contributed by atoms with Crippen molar-refractivity contribution in [1.82, 2.24) is 0 Å². The Morgan fingerprint density at radius 2 is 1.41 bits per heavy atom. The highest BCUT2D eigenvalue weighted by Crippen LogP contribution is 2.22. The second-order valence-corrected chi connectivity index (χ2v) is 6.79. The Labute approximate surface area is 167 Å². The van der Waals surface area contributed by atoms with Gasteiger partial charge in [0, 0.05) is 5.69 Å². The van der Waals surface area contributed by atoms with Gasteiger partial charge in [-0.3, -0.25) is 9.59 Å². The maximum absolute atomic E-state index is 13.7. The van der Waals surface area contributed by atoms with Gasteiger partial charge in [-0.25, -0.2) is 13.2 Å². The number of hydrogen-bond acceptors (Lipinski definition) is 2. The van der Waals surface area contributed by atoms with Crippen LogP contribution in [0.2, 0.25) is 0 Å². The number of anilines is 2. The van der Waals surface area contributed by atoms with Gasteiger partial charge in [-0.2, -0.15) is 0 Å². The van der Waals surface area contributed by atoms with Crippen LogP contribution < -0.4 is 15.5 Å². The van der Waals surface area contributed by atoms with Gasteiger partial charge in [-0.1, -0.05) is 32.0 Å². The van der Waals surface area contributed by atoms with E-state index in [1.807, 2.05) is 32.0 Å². The molecule has 0 saturated carbocycles. The number of likely N-dealkylation sites (N-methyl/N-ethyl adjacent to an activating group) is 1. The molecule has 0 saturated heterocycles. The number of benzene rings is 2. The minimum Gasteiger partial charge on any atom is -0.322 e.